The Bertz CT molecular complexity index is 309. The van der Waals surface area contributed by atoms with Gasteiger partial charge in [-0.2, -0.15) is 0 Å². The Labute approximate surface area is 133 Å². The number of carboxylic acid groups (broad SMARTS) is 4. The van der Waals surface area contributed by atoms with Crippen molar-refractivity contribution >= 4 is 48.3 Å². The molecule has 21 heavy (non-hydrogen) atoms. The van der Waals surface area contributed by atoms with Crippen molar-refractivity contribution in [1.82, 2.24) is 0 Å². The van der Waals surface area contributed by atoms with Crippen LogP contribution in [0.25, 0.3) is 0 Å². The van der Waals surface area contributed by atoms with Crippen LogP contribution in [0.3, 0.4) is 0 Å². The summed E-state index contributed by atoms with van der Waals surface area (Å²) >= 11 is 0. The maximum absolute atomic E-state index is 9.63. The SMILES string of the molecule is O=C([O-])C(O)C(O)C(=O)[O-].O=C([O-])C(O)C(O)C(=O)[O-].[Sb]. The van der Waals surface area contributed by atoms with Crippen LogP contribution in [0.5, 0.6) is 0 Å². The van der Waals surface area contributed by atoms with Crippen molar-refractivity contribution in [3.05, 3.63) is 0 Å². The van der Waals surface area contributed by atoms with Crippen molar-refractivity contribution in [1.29, 1.82) is 0 Å². The Balaban J connectivity index is -0.000000295. The summed E-state index contributed by atoms with van der Waals surface area (Å²) in [5.41, 5.74) is 0. The number of aliphatic carboxylic acids is 4. The van der Waals surface area contributed by atoms with Gasteiger partial charge >= 0.3 is 0 Å². The summed E-state index contributed by atoms with van der Waals surface area (Å²) in [7, 11) is 0. The molecular formula is C8H8O12Sb-4. The molecule has 12 nitrogen and oxygen atoms in total. The molecule has 4 N–H and O–H groups in total. The van der Waals surface area contributed by atoms with Crippen LogP contribution in [0.2, 0.25) is 0 Å². The first-order valence-corrected chi connectivity index (χ1v) is 4.49. The summed E-state index contributed by atoms with van der Waals surface area (Å²) in [4.78, 5) is 38.5. The molecule has 4 unspecified atom stereocenters. The molecule has 0 heterocycles. The normalized spacial score (nSPS) is 15.0. The smallest absolute Gasteiger partial charge is 0.124 e. The number of carbonyl (C=O) groups excluding carboxylic acids is 4. The molecule has 4 atom stereocenters. The Hall–Kier alpha value is -1.46. The molecule has 13 heteroatoms. The molecule has 0 aromatic heterocycles. The molecule has 0 aliphatic carbocycles. The fourth-order valence-electron chi connectivity index (χ4n) is 0.516. The average Bonchev–Trinajstić information content (AvgIpc) is 2.35. The molecule has 121 valence electrons. The summed E-state index contributed by atoms with van der Waals surface area (Å²) in [5.74, 6) is -8.23. The first-order chi connectivity index (χ1) is 8.93. The number of rotatable bonds is 6. The van der Waals surface area contributed by atoms with Crippen LogP contribution in [-0.2, 0) is 19.2 Å². The Morgan fingerprint density at radius 2 is 0.619 bits per heavy atom. The molecule has 0 saturated carbocycles. The zero-order valence-corrected chi connectivity index (χ0v) is 12.4. The molecule has 0 saturated heterocycles. The predicted octanol–water partition coefficient (Wildman–Crippen LogP) is -9.96. The number of carboxylic acids is 4. The second-order valence-corrected chi connectivity index (χ2v) is 3.06. The number of hydrogen-bond donors (Lipinski definition) is 4. The van der Waals surface area contributed by atoms with Gasteiger partial charge in [-0.1, -0.05) is 0 Å². The van der Waals surface area contributed by atoms with Crippen LogP contribution >= 0.6 is 0 Å². The Kier molecular flexibility index (Phi) is 13.1. The molecule has 0 rings (SSSR count). The predicted molar refractivity (Wildman–Crippen MR) is 49.8 cm³/mol. The second kappa shape index (κ2) is 11.2. The molecule has 0 aliphatic heterocycles. The monoisotopic (exact) mass is 417 g/mol. The van der Waals surface area contributed by atoms with Crippen LogP contribution in [-0.4, -0.2) is 93.1 Å². The van der Waals surface area contributed by atoms with Gasteiger partial charge in [0.15, 0.2) is 0 Å². The topological polar surface area (TPSA) is 241 Å². The van der Waals surface area contributed by atoms with Crippen molar-refractivity contribution < 1.29 is 60.0 Å². The molecule has 3 radical (unpaired) electrons. The van der Waals surface area contributed by atoms with Crippen LogP contribution in [0.4, 0.5) is 0 Å². The minimum atomic E-state index is -2.44. The van der Waals surface area contributed by atoms with E-state index in [2.05, 4.69) is 0 Å². The van der Waals surface area contributed by atoms with Gasteiger partial charge in [-0.25, -0.2) is 0 Å². The summed E-state index contributed by atoms with van der Waals surface area (Å²) in [6, 6.07) is 0. The van der Waals surface area contributed by atoms with Crippen molar-refractivity contribution in [2.45, 2.75) is 24.4 Å². The Morgan fingerprint density at radius 1 is 0.524 bits per heavy atom. The molecule has 0 fully saturated rings. The number of aliphatic hydroxyl groups is 4. The summed E-state index contributed by atoms with van der Waals surface area (Å²) in [6.07, 6.45) is -9.76. The largest absolute Gasteiger partial charge is 0.547 e. The molecule has 0 aromatic carbocycles. The number of hydrogen-bond acceptors (Lipinski definition) is 12. The maximum atomic E-state index is 9.63. The molecule has 0 aliphatic rings. The summed E-state index contributed by atoms with van der Waals surface area (Å²) in [6.45, 7) is 0. The van der Waals surface area contributed by atoms with E-state index in [0.717, 1.165) is 0 Å². The minimum absolute atomic E-state index is 0. The third-order valence-electron chi connectivity index (χ3n) is 1.56. The van der Waals surface area contributed by atoms with E-state index in [1.807, 2.05) is 0 Å². The van der Waals surface area contributed by atoms with Crippen LogP contribution < -0.4 is 20.4 Å². The molecule has 0 spiro atoms. The van der Waals surface area contributed by atoms with Crippen molar-refractivity contribution in [2.24, 2.45) is 0 Å². The maximum Gasteiger partial charge on any atom is 0.124 e. The Morgan fingerprint density at radius 3 is 0.667 bits per heavy atom. The second-order valence-electron chi connectivity index (χ2n) is 3.06. The third-order valence-corrected chi connectivity index (χ3v) is 1.56. The van der Waals surface area contributed by atoms with Gasteiger partial charge in [0.25, 0.3) is 0 Å². The fourth-order valence-corrected chi connectivity index (χ4v) is 0.516. The summed E-state index contributed by atoms with van der Waals surface area (Å²) in [5, 5.41) is 71.5. The van der Waals surface area contributed by atoms with Gasteiger partial charge in [0.1, 0.15) is 24.4 Å². The van der Waals surface area contributed by atoms with Gasteiger partial charge in [-0.05, 0) is 0 Å². The van der Waals surface area contributed by atoms with Crippen molar-refractivity contribution in [3.8, 4) is 0 Å². The third kappa shape index (κ3) is 9.98. The van der Waals surface area contributed by atoms with E-state index in [0.29, 0.717) is 0 Å². The van der Waals surface area contributed by atoms with Gasteiger partial charge in [-0.3, -0.25) is 0 Å². The van der Waals surface area contributed by atoms with Crippen LogP contribution in [0.1, 0.15) is 0 Å². The van der Waals surface area contributed by atoms with Gasteiger partial charge in [0, 0.05) is 24.4 Å². The van der Waals surface area contributed by atoms with Crippen molar-refractivity contribution in [2.75, 3.05) is 0 Å². The fraction of sp³-hybridized carbons (Fsp3) is 0.500. The first kappa shape index (κ1) is 24.5. The van der Waals surface area contributed by atoms with Crippen LogP contribution in [0, 0.1) is 0 Å². The van der Waals surface area contributed by atoms with Crippen molar-refractivity contribution in [3.63, 3.8) is 0 Å². The van der Waals surface area contributed by atoms with E-state index in [9.17, 15) is 39.6 Å². The van der Waals surface area contributed by atoms with E-state index in [1.54, 1.807) is 0 Å². The minimum Gasteiger partial charge on any atom is -0.547 e. The van der Waals surface area contributed by atoms with Crippen LogP contribution in [0.15, 0.2) is 0 Å². The molecular weight excluding hydrogens is 410 g/mol. The first-order valence-electron chi connectivity index (χ1n) is 4.49. The average molecular weight is 418 g/mol. The zero-order chi connectivity index (χ0) is 16.6. The molecule has 0 bridgehead atoms. The van der Waals surface area contributed by atoms with E-state index in [4.69, 9.17) is 20.4 Å². The quantitative estimate of drug-likeness (QED) is 0.294. The van der Waals surface area contributed by atoms with E-state index in [1.165, 1.54) is 0 Å². The number of carbonyl (C=O) groups is 4. The van der Waals surface area contributed by atoms with E-state index in [-0.39, 0.29) is 24.4 Å². The molecule has 0 aromatic rings. The molecule has 0 amide bonds. The van der Waals surface area contributed by atoms with Gasteiger partial charge in [0.05, 0.1) is 23.9 Å². The van der Waals surface area contributed by atoms with E-state index < -0.39 is 48.3 Å². The van der Waals surface area contributed by atoms with Gasteiger partial charge in [0.2, 0.25) is 0 Å². The van der Waals surface area contributed by atoms with Gasteiger partial charge < -0.3 is 60.0 Å². The van der Waals surface area contributed by atoms with Gasteiger partial charge in [-0.15, -0.1) is 0 Å². The van der Waals surface area contributed by atoms with E-state index >= 15 is 0 Å². The standard InChI is InChI=1S/2C4H6O6.Sb/c2*5-1(3(7)8)2(6)4(9)10;/h2*1-2,5-6H,(H,7,8)(H,9,10);/p-4. The summed E-state index contributed by atoms with van der Waals surface area (Å²) < 4.78 is 0. The number of aliphatic hydroxyl groups excluding tert-OH is 4. The zero-order valence-electron chi connectivity index (χ0n) is 9.81.